The number of allylic oxidation sites excluding steroid dienone is 4. The van der Waals surface area contributed by atoms with Crippen LogP contribution in [-0.4, -0.2) is 70.7 Å². The molecular formula is C50H98NO7P. The molecule has 0 aromatic rings. The lowest BCUT2D eigenvalue weighted by atomic mass is 10.0. The average molecular weight is 856 g/mol. The third-order valence-corrected chi connectivity index (χ3v) is 12.0. The van der Waals surface area contributed by atoms with Gasteiger partial charge in [0.1, 0.15) is 19.3 Å². The number of phosphoric acid groups is 1. The molecule has 0 aliphatic heterocycles. The minimum Gasteiger partial charge on any atom is -0.756 e. The molecule has 0 heterocycles. The third-order valence-electron chi connectivity index (χ3n) is 11.0. The number of rotatable bonds is 47. The van der Waals surface area contributed by atoms with Crippen LogP contribution >= 0.6 is 7.82 Å². The molecule has 0 rings (SSSR count). The first kappa shape index (κ1) is 58.0. The minimum atomic E-state index is -4.52. The predicted octanol–water partition coefficient (Wildman–Crippen LogP) is 14.5. The Balaban J connectivity index is 4.10. The van der Waals surface area contributed by atoms with Gasteiger partial charge < -0.3 is 27.9 Å². The molecule has 2 atom stereocenters. The van der Waals surface area contributed by atoms with Crippen molar-refractivity contribution in [3.8, 4) is 0 Å². The lowest BCUT2D eigenvalue weighted by Crippen LogP contribution is -2.37. The van der Waals surface area contributed by atoms with Crippen molar-refractivity contribution in [3.63, 3.8) is 0 Å². The van der Waals surface area contributed by atoms with Crippen LogP contribution in [0.4, 0.5) is 0 Å². The number of nitrogens with zero attached hydrogens (tertiary/aromatic N) is 1. The number of unbranched alkanes of at least 4 members (excludes halogenated alkanes) is 29. The zero-order chi connectivity index (χ0) is 43.4. The van der Waals surface area contributed by atoms with Gasteiger partial charge in [-0.25, -0.2) is 0 Å². The van der Waals surface area contributed by atoms with Gasteiger partial charge in [-0.2, -0.15) is 0 Å². The highest BCUT2D eigenvalue weighted by atomic mass is 31.2. The summed E-state index contributed by atoms with van der Waals surface area (Å²) < 4.78 is 34.7. The predicted molar refractivity (Wildman–Crippen MR) is 250 cm³/mol. The molecule has 350 valence electrons. The van der Waals surface area contributed by atoms with Crippen LogP contribution in [0.5, 0.6) is 0 Å². The number of esters is 1. The number of quaternary nitrogens is 1. The summed E-state index contributed by atoms with van der Waals surface area (Å²) in [5.74, 6) is -0.332. The van der Waals surface area contributed by atoms with Crippen LogP contribution in [0.15, 0.2) is 24.3 Å². The second-order valence-corrected chi connectivity index (χ2v) is 19.6. The monoisotopic (exact) mass is 856 g/mol. The Morgan fingerprint density at radius 3 is 1.37 bits per heavy atom. The van der Waals surface area contributed by atoms with Gasteiger partial charge in [0, 0.05) is 13.0 Å². The molecule has 0 spiro atoms. The van der Waals surface area contributed by atoms with E-state index in [0.29, 0.717) is 24.1 Å². The summed E-state index contributed by atoms with van der Waals surface area (Å²) in [6.45, 7) is 5.44. The molecule has 0 saturated carbocycles. The van der Waals surface area contributed by atoms with Gasteiger partial charge in [-0.3, -0.25) is 9.36 Å². The highest BCUT2D eigenvalue weighted by molar-refractivity contribution is 7.45. The van der Waals surface area contributed by atoms with Gasteiger partial charge in [0.05, 0.1) is 34.4 Å². The van der Waals surface area contributed by atoms with Crippen LogP contribution in [0.1, 0.15) is 232 Å². The largest absolute Gasteiger partial charge is 0.756 e. The van der Waals surface area contributed by atoms with Crippen LogP contribution in [0.25, 0.3) is 0 Å². The van der Waals surface area contributed by atoms with E-state index in [1.54, 1.807) is 0 Å². The maximum absolute atomic E-state index is 12.7. The normalized spacial score (nSPS) is 13.8. The first-order valence-electron chi connectivity index (χ1n) is 25.1. The molecule has 0 N–H and O–H groups in total. The van der Waals surface area contributed by atoms with Crippen molar-refractivity contribution in [2.75, 3.05) is 54.1 Å². The maximum Gasteiger partial charge on any atom is 0.306 e. The summed E-state index contributed by atoms with van der Waals surface area (Å²) in [6, 6.07) is 0. The number of carbonyl (C=O) groups excluding carboxylic acids is 1. The van der Waals surface area contributed by atoms with Gasteiger partial charge in [0.2, 0.25) is 0 Å². The van der Waals surface area contributed by atoms with E-state index in [4.69, 9.17) is 18.5 Å². The van der Waals surface area contributed by atoms with Gasteiger partial charge in [-0.15, -0.1) is 0 Å². The minimum absolute atomic E-state index is 0.0281. The SMILES string of the molecule is CCCCCCC/C=C\C/C=C\CCCCCCCCCCCCCC(=O)OC(COCCCCCCCCCCCCCCCC)COP(=O)([O-])OCC[N+](C)(C)C. The van der Waals surface area contributed by atoms with E-state index in [9.17, 15) is 14.3 Å². The molecular weight excluding hydrogens is 758 g/mol. The number of ether oxygens (including phenoxy) is 2. The lowest BCUT2D eigenvalue weighted by molar-refractivity contribution is -0.870. The van der Waals surface area contributed by atoms with Gasteiger partial charge in [-0.1, -0.05) is 205 Å². The van der Waals surface area contributed by atoms with E-state index in [2.05, 4.69) is 38.2 Å². The Morgan fingerprint density at radius 1 is 0.525 bits per heavy atom. The molecule has 0 bridgehead atoms. The fourth-order valence-electron chi connectivity index (χ4n) is 7.11. The molecule has 0 fully saturated rings. The van der Waals surface area contributed by atoms with Gasteiger partial charge in [0.15, 0.2) is 0 Å². The lowest BCUT2D eigenvalue weighted by Gasteiger charge is -2.28. The fourth-order valence-corrected chi connectivity index (χ4v) is 7.84. The van der Waals surface area contributed by atoms with Crippen LogP contribution in [0.2, 0.25) is 0 Å². The van der Waals surface area contributed by atoms with Crippen molar-refractivity contribution < 1.29 is 37.3 Å². The third kappa shape index (κ3) is 47.9. The number of hydrogen-bond donors (Lipinski definition) is 0. The van der Waals surface area contributed by atoms with Gasteiger partial charge in [0.25, 0.3) is 7.82 Å². The number of phosphoric ester groups is 1. The Bertz CT molecular complexity index is 998. The Kier molecular flexibility index (Phi) is 42.9. The number of carbonyl (C=O) groups is 1. The summed E-state index contributed by atoms with van der Waals surface area (Å²) in [4.78, 5) is 25.1. The van der Waals surface area contributed by atoms with Crippen molar-refractivity contribution >= 4 is 13.8 Å². The summed E-state index contributed by atoms with van der Waals surface area (Å²) in [6.07, 6.45) is 50.5. The molecule has 0 aromatic heterocycles. The highest BCUT2D eigenvalue weighted by Crippen LogP contribution is 2.38. The molecule has 8 nitrogen and oxygen atoms in total. The molecule has 0 aliphatic rings. The Morgan fingerprint density at radius 2 is 0.932 bits per heavy atom. The van der Waals surface area contributed by atoms with Gasteiger partial charge >= 0.3 is 5.97 Å². The molecule has 0 radical (unpaired) electrons. The zero-order valence-electron chi connectivity index (χ0n) is 39.7. The van der Waals surface area contributed by atoms with Crippen molar-refractivity contribution in [1.82, 2.24) is 0 Å². The topological polar surface area (TPSA) is 94.1 Å². The van der Waals surface area contributed by atoms with Crippen LogP contribution < -0.4 is 4.89 Å². The zero-order valence-corrected chi connectivity index (χ0v) is 40.6. The molecule has 0 saturated heterocycles. The van der Waals surface area contributed by atoms with Crippen molar-refractivity contribution in [2.45, 2.75) is 238 Å². The number of likely N-dealkylation sites (N-methyl/N-ethyl adjacent to an activating group) is 1. The second-order valence-electron chi connectivity index (χ2n) is 18.2. The van der Waals surface area contributed by atoms with Gasteiger partial charge in [-0.05, 0) is 44.9 Å². The van der Waals surface area contributed by atoms with Crippen LogP contribution in [-0.2, 0) is 27.9 Å². The van der Waals surface area contributed by atoms with Crippen molar-refractivity contribution in [1.29, 1.82) is 0 Å². The quantitative estimate of drug-likeness (QED) is 0.0198. The van der Waals surface area contributed by atoms with Crippen LogP contribution in [0.3, 0.4) is 0 Å². The van der Waals surface area contributed by atoms with Crippen molar-refractivity contribution in [2.24, 2.45) is 0 Å². The summed E-state index contributed by atoms with van der Waals surface area (Å²) in [5, 5.41) is 0. The smallest absolute Gasteiger partial charge is 0.306 e. The molecule has 0 aromatic carbocycles. The molecule has 0 aliphatic carbocycles. The fraction of sp³-hybridized carbons (Fsp3) is 0.900. The van der Waals surface area contributed by atoms with E-state index in [1.807, 2.05) is 21.1 Å². The van der Waals surface area contributed by atoms with E-state index >= 15 is 0 Å². The first-order chi connectivity index (χ1) is 28.6. The summed E-state index contributed by atoms with van der Waals surface area (Å²) in [5.41, 5.74) is 0. The van der Waals surface area contributed by atoms with E-state index < -0.39 is 13.9 Å². The Labute approximate surface area is 366 Å². The highest BCUT2D eigenvalue weighted by Gasteiger charge is 2.20. The maximum atomic E-state index is 12.7. The molecule has 59 heavy (non-hydrogen) atoms. The van der Waals surface area contributed by atoms with E-state index in [0.717, 1.165) is 38.5 Å². The second kappa shape index (κ2) is 43.6. The molecule has 9 heteroatoms. The van der Waals surface area contributed by atoms with Crippen molar-refractivity contribution in [3.05, 3.63) is 24.3 Å². The van der Waals surface area contributed by atoms with E-state index in [1.165, 1.54) is 173 Å². The number of hydrogen-bond acceptors (Lipinski definition) is 7. The molecule has 2 unspecified atom stereocenters. The summed E-state index contributed by atoms with van der Waals surface area (Å²) >= 11 is 0. The van der Waals surface area contributed by atoms with Crippen LogP contribution in [0, 0.1) is 0 Å². The summed E-state index contributed by atoms with van der Waals surface area (Å²) in [7, 11) is 1.37. The first-order valence-corrected chi connectivity index (χ1v) is 26.5. The standard InChI is InChI=1S/C50H98NO7P/c1-6-8-10-12-14-16-18-20-22-23-24-25-26-27-28-29-30-31-33-35-37-39-41-43-50(52)58-49(48-57-59(53,54)56-46-44-51(3,4)5)47-55-45-42-40-38-36-34-32-21-19-17-15-13-11-9-7-2/h18,20,23-24,49H,6-17,19,21-22,25-48H2,1-5H3/b20-18-,24-23-. The average Bonchev–Trinajstić information content (AvgIpc) is 3.19. The Hall–Kier alpha value is -1.02. The molecule has 0 amide bonds. The van der Waals surface area contributed by atoms with E-state index in [-0.39, 0.29) is 25.8 Å².